The molecule has 0 aliphatic carbocycles. The molecular formula is C16H21N3O4S. The number of rotatable bonds is 6. The molecule has 1 amide bonds. The molecule has 1 aromatic heterocycles. The zero-order valence-electron chi connectivity index (χ0n) is 13.2. The van der Waals surface area contributed by atoms with Crippen molar-refractivity contribution in [3.05, 3.63) is 36.0 Å². The van der Waals surface area contributed by atoms with Crippen molar-refractivity contribution in [2.75, 3.05) is 18.9 Å². The molecule has 0 saturated carbocycles. The highest BCUT2D eigenvalue weighted by molar-refractivity contribution is 7.89. The highest BCUT2D eigenvalue weighted by Gasteiger charge is 2.35. The molecule has 1 aliphatic rings. The predicted molar refractivity (Wildman–Crippen MR) is 90.7 cm³/mol. The number of benzene rings is 1. The Hall–Kier alpha value is -1.90. The average Bonchev–Trinajstić information content (AvgIpc) is 3.07. The van der Waals surface area contributed by atoms with E-state index in [2.05, 4.69) is 4.98 Å². The smallest absolute Gasteiger partial charge is 0.223 e. The molecule has 2 aromatic rings. The van der Waals surface area contributed by atoms with Crippen molar-refractivity contribution >= 4 is 26.8 Å². The fourth-order valence-electron chi connectivity index (χ4n) is 3.43. The lowest BCUT2D eigenvalue weighted by molar-refractivity contribution is -0.130. The molecule has 1 aromatic carbocycles. The van der Waals surface area contributed by atoms with Gasteiger partial charge in [-0.05, 0) is 18.1 Å². The maximum atomic E-state index is 12.2. The Morgan fingerprint density at radius 2 is 2.12 bits per heavy atom. The molecule has 8 heteroatoms. The summed E-state index contributed by atoms with van der Waals surface area (Å²) in [5.41, 5.74) is 2.02. The van der Waals surface area contributed by atoms with Crippen molar-refractivity contribution in [3.63, 3.8) is 0 Å². The lowest BCUT2D eigenvalue weighted by Crippen LogP contribution is -2.41. The van der Waals surface area contributed by atoms with E-state index >= 15 is 0 Å². The molecule has 1 aliphatic heterocycles. The van der Waals surface area contributed by atoms with E-state index in [0.29, 0.717) is 13.0 Å². The van der Waals surface area contributed by atoms with Crippen LogP contribution in [0.2, 0.25) is 0 Å². The van der Waals surface area contributed by atoms with Crippen LogP contribution in [-0.4, -0.2) is 54.3 Å². The molecule has 0 bridgehead atoms. The van der Waals surface area contributed by atoms with Crippen molar-refractivity contribution in [2.45, 2.75) is 18.9 Å². The van der Waals surface area contributed by atoms with Crippen LogP contribution in [0.25, 0.3) is 10.9 Å². The van der Waals surface area contributed by atoms with E-state index in [4.69, 9.17) is 5.14 Å². The molecule has 130 valence electrons. The van der Waals surface area contributed by atoms with Gasteiger partial charge in [0, 0.05) is 36.0 Å². The Morgan fingerprint density at radius 3 is 2.83 bits per heavy atom. The normalized spacial score (nSPS) is 20.0. The van der Waals surface area contributed by atoms with E-state index < -0.39 is 10.0 Å². The molecular weight excluding hydrogens is 330 g/mol. The Balaban J connectivity index is 1.75. The number of aliphatic hydroxyl groups excluding tert-OH is 1. The van der Waals surface area contributed by atoms with Gasteiger partial charge in [0.05, 0.1) is 18.4 Å². The Morgan fingerprint density at radius 1 is 1.38 bits per heavy atom. The third-order valence-corrected chi connectivity index (χ3v) is 5.42. The van der Waals surface area contributed by atoms with Crippen molar-refractivity contribution < 1.29 is 18.3 Å². The number of nitrogens with zero attached hydrogens (tertiary/aromatic N) is 1. The highest BCUT2D eigenvalue weighted by atomic mass is 32.2. The molecule has 4 N–H and O–H groups in total. The van der Waals surface area contributed by atoms with Crippen LogP contribution in [0.5, 0.6) is 0 Å². The van der Waals surface area contributed by atoms with Crippen LogP contribution in [-0.2, 0) is 21.2 Å². The lowest BCUT2D eigenvalue weighted by atomic mass is 10.0. The first kappa shape index (κ1) is 16.9. The summed E-state index contributed by atoms with van der Waals surface area (Å²) >= 11 is 0. The first-order valence-corrected chi connectivity index (χ1v) is 9.54. The average molecular weight is 351 g/mol. The van der Waals surface area contributed by atoms with Gasteiger partial charge in [-0.2, -0.15) is 0 Å². The number of H-pyrrole nitrogens is 1. The first-order valence-electron chi connectivity index (χ1n) is 7.83. The van der Waals surface area contributed by atoms with Crippen LogP contribution in [0, 0.1) is 5.92 Å². The van der Waals surface area contributed by atoms with Gasteiger partial charge in [-0.25, -0.2) is 13.6 Å². The molecule has 7 nitrogen and oxygen atoms in total. The number of aliphatic hydroxyl groups is 1. The maximum Gasteiger partial charge on any atom is 0.223 e. The van der Waals surface area contributed by atoms with E-state index in [1.165, 1.54) is 0 Å². The fraction of sp³-hybridized carbons (Fsp3) is 0.438. The summed E-state index contributed by atoms with van der Waals surface area (Å²) in [4.78, 5) is 17.0. The summed E-state index contributed by atoms with van der Waals surface area (Å²) in [5.74, 6) is -0.660. The number of aromatic amines is 1. The molecule has 2 heterocycles. The minimum Gasteiger partial charge on any atom is -0.394 e. The van der Waals surface area contributed by atoms with Gasteiger partial charge in [-0.15, -0.1) is 0 Å². The van der Waals surface area contributed by atoms with Crippen molar-refractivity contribution in [2.24, 2.45) is 11.1 Å². The molecule has 24 heavy (non-hydrogen) atoms. The standard InChI is InChI=1S/C16H21N3O4S/c17-24(22,23)10-11-5-16(21)19(8-11)13(9-20)6-12-7-18-15-4-2-1-3-14(12)15/h1-4,7,11,13,18,20H,5-6,8-10H2,(H2,17,22,23). The number of fused-ring (bicyclic) bond motifs is 1. The molecule has 1 fully saturated rings. The number of amides is 1. The summed E-state index contributed by atoms with van der Waals surface area (Å²) in [5, 5.41) is 15.9. The zero-order chi connectivity index (χ0) is 17.3. The molecule has 2 unspecified atom stereocenters. The van der Waals surface area contributed by atoms with Crippen LogP contribution in [0.1, 0.15) is 12.0 Å². The van der Waals surface area contributed by atoms with E-state index in [9.17, 15) is 18.3 Å². The minimum atomic E-state index is -3.61. The van der Waals surface area contributed by atoms with Gasteiger partial charge in [0.15, 0.2) is 0 Å². The van der Waals surface area contributed by atoms with E-state index in [1.54, 1.807) is 4.90 Å². The SMILES string of the molecule is NS(=O)(=O)CC1CC(=O)N(C(CO)Cc2c[nH]c3ccccc23)C1. The summed E-state index contributed by atoms with van der Waals surface area (Å²) in [6.45, 7) is 0.135. The quantitative estimate of drug-likeness (QED) is 0.689. The maximum absolute atomic E-state index is 12.2. The first-order chi connectivity index (χ1) is 11.4. The van der Waals surface area contributed by atoms with Gasteiger partial charge in [0.25, 0.3) is 0 Å². The van der Waals surface area contributed by atoms with Gasteiger partial charge < -0.3 is 15.0 Å². The van der Waals surface area contributed by atoms with Gasteiger partial charge in [-0.1, -0.05) is 18.2 Å². The number of hydrogen-bond acceptors (Lipinski definition) is 4. The van der Waals surface area contributed by atoms with E-state index in [0.717, 1.165) is 16.5 Å². The summed E-state index contributed by atoms with van der Waals surface area (Å²) < 4.78 is 22.5. The Kier molecular flexibility index (Phi) is 4.62. The van der Waals surface area contributed by atoms with Crippen LogP contribution in [0.15, 0.2) is 30.5 Å². The number of nitrogens with one attached hydrogen (secondary N) is 1. The number of nitrogens with two attached hydrogens (primary N) is 1. The number of aromatic nitrogens is 1. The molecule has 0 radical (unpaired) electrons. The largest absolute Gasteiger partial charge is 0.394 e. The fourth-order valence-corrected chi connectivity index (χ4v) is 4.31. The number of carbonyl (C=O) groups excluding carboxylic acids is 1. The third kappa shape index (κ3) is 3.61. The predicted octanol–water partition coefficient (Wildman–Crippen LogP) is 0.208. The van der Waals surface area contributed by atoms with E-state index in [-0.39, 0.29) is 36.6 Å². The van der Waals surface area contributed by atoms with E-state index in [1.807, 2.05) is 30.5 Å². The summed E-state index contributed by atoms with van der Waals surface area (Å²) in [6, 6.07) is 7.47. The monoisotopic (exact) mass is 351 g/mol. The lowest BCUT2D eigenvalue weighted by Gasteiger charge is -2.26. The van der Waals surface area contributed by atoms with Crippen LogP contribution in [0.4, 0.5) is 0 Å². The van der Waals surface area contributed by atoms with Crippen molar-refractivity contribution in [3.8, 4) is 0 Å². The van der Waals surface area contributed by atoms with Gasteiger partial charge in [0.2, 0.25) is 15.9 Å². The van der Waals surface area contributed by atoms with Crippen LogP contribution < -0.4 is 5.14 Å². The van der Waals surface area contributed by atoms with Gasteiger partial charge >= 0.3 is 0 Å². The molecule has 3 rings (SSSR count). The summed E-state index contributed by atoms with van der Waals surface area (Å²) in [7, 11) is -3.61. The number of primary sulfonamides is 1. The van der Waals surface area contributed by atoms with Crippen molar-refractivity contribution in [1.82, 2.24) is 9.88 Å². The second-order valence-electron chi connectivity index (χ2n) is 6.35. The summed E-state index contributed by atoms with van der Waals surface area (Å²) in [6.07, 6.45) is 2.55. The number of sulfonamides is 1. The van der Waals surface area contributed by atoms with Gasteiger partial charge in [-0.3, -0.25) is 4.79 Å². The molecule has 0 spiro atoms. The number of para-hydroxylation sites is 1. The minimum absolute atomic E-state index is 0.137. The molecule has 2 atom stereocenters. The highest BCUT2D eigenvalue weighted by Crippen LogP contribution is 2.25. The second kappa shape index (κ2) is 6.54. The topological polar surface area (TPSA) is 116 Å². The third-order valence-electron chi connectivity index (χ3n) is 4.49. The van der Waals surface area contributed by atoms with Crippen molar-refractivity contribution in [1.29, 1.82) is 0 Å². The Labute approximate surface area is 140 Å². The Bertz CT molecular complexity index is 846. The number of hydrogen-bond donors (Lipinski definition) is 3. The van der Waals surface area contributed by atoms with Crippen LogP contribution in [0.3, 0.4) is 0 Å². The number of carbonyl (C=O) groups is 1. The zero-order valence-corrected chi connectivity index (χ0v) is 14.0. The van der Waals surface area contributed by atoms with Gasteiger partial charge in [0.1, 0.15) is 0 Å². The second-order valence-corrected chi connectivity index (χ2v) is 8.00. The molecule has 1 saturated heterocycles. The number of likely N-dealkylation sites (tertiary alicyclic amines) is 1. The van der Waals surface area contributed by atoms with Crippen LogP contribution >= 0.6 is 0 Å².